The third-order valence-corrected chi connectivity index (χ3v) is 5.04. The SMILES string of the molecule is Cc1ccc(NC(=O)C(=O)Nc2ccc(N3CCN(C)CC3)cc2)cc1Cl. The summed E-state index contributed by atoms with van der Waals surface area (Å²) in [6.07, 6.45) is 0. The quantitative estimate of drug-likeness (QED) is 0.796. The molecule has 3 rings (SSSR count). The predicted octanol–water partition coefficient (Wildman–Crippen LogP) is 2.98. The van der Waals surface area contributed by atoms with Gasteiger partial charge >= 0.3 is 11.8 Å². The number of piperazine rings is 1. The van der Waals surface area contributed by atoms with Gasteiger partial charge in [-0.25, -0.2) is 0 Å². The summed E-state index contributed by atoms with van der Waals surface area (Å²) in [6, 6.07) is 12.6. The van der Waals surface area contributed by atoms with E-state index in [0.29, 0.717) is 16.4 Å². The van der Waals surface area contributed by atoms with Crippen molar-refractivity contribution in [1.82, 2.24) is 4.90 Å². The van der Waals surface area contributed by atoms with Crippen LogP contribution >= 0.6 is 11.6 Å². The Morgan fingerprint density at radius 3 is 2.04 bits per heavy atom. The second kappa shape index (κ2) is 8.41. The first-order valence-corrected chi connectivity index (χ1v) is 9.22. The van der Waals surface area contributed by atoms with Crippen LogP contribution < -0.4 is 15.5 Å². The fourth-order valence-electron chi connectivity index (χ4n) is 2.87. The molecule has 6 nitrogen and oxygen atoms in total. The zero-order chi connectivity index (χ0) is 19.4. The molecule has 2 N–H and O–H groups in total. The molecule has 2 aromatic rings. The smallest absolute Gasteiger partial charge is 0.314 e. The Balaban J connectivity index is 1.56. The van der Waals surface area contributed by atoms with Crippen LogP contribution in [0.2, 0.25) is 5.02 Å². The second-order valence-electron chi connectivity index (χ2n) is 6.71. The van der Waals surface area contributed by atoms with Crippen molar-refractivity contribution in [1.29, 1.82) is 0 Å². The van der Waals surface area contributed by atoms with Crippen molar-refractivity contribution in [2.24, 2.45) is 0 Å². The molecule has 1 heterocycles. The molecule has 0 aromatic heterocycles. The fraction of sp³-hybridized carbons (Fsp3) is 0.300. The van der Waals surface area contributed by atoms with E-state index in [1.165, 1.54) is 0 Å². The van der Waals surface area contributed by atoms with E-state index in [1.807, 2.05) is 31.2 Å². The molecule has 0 spiro atoms. The Morgan fingerprint density at radius 1 is 0.889 bits per heavy atom. The van der Waals surface area contributed by atoms with E-state index in [0.717, 1.165) is 37.4 Å². The van der Waals surface area contributed by atoms with Gasteiger partial charge in [0.2, 0.25) is 0 Å². The maximum atomic E-state index is 12.1. The first-order chi connectivity index (χ1) is 12.9. The number of aryl methyl sites for hydroxylation is 1. The van der Waals surface area contributed by atoms with E-state index < -0.39 is 11.8 Å². The Hall–Kier alpha value is -2.57. The van der Waals surface area contributed by atoms with Crippen LogP contribution in [0, 0.1) is 6.92 Å². The summed E-state index contributed by atoms with van der Waals surface area (Å²) in [5.74, 6) is -1.46. The molecular formula is C20H23ClN4O2. The molecule has 1 aliphatic heterocycles. The summed E-state index contributed by atoms with van der Waals surface area (Å²) in [4.78, 5) is 28.8. The van der Waals surface area contributed by atoms with Crippen LogP contribution in [0.1, 0.15) is 5.56 Å². The van der Waals surface area contributed by atoms with Gasteiger partial charge in [0, 0.05) is 48.3 Å². The fourth-order valence-corrected chi connectivity index (χ4v) is 3.05. The van der Waals surface area contributed by atoms with E-state index in [1.54, 1.807) is 18.2 Å². The zero-order valence-electron chi connectivity index (χ0n) is 15.5. The van der Waals surface area contributed by atoms with Crippen molar-refractivity contribution in [2.45, 2.75) is 6.92 Å². The van der Waals surface area contributed by atoms with Crippen LogP contribution in [-0.4, -0.2) is 49.9 Å². The lowest BCUT2D eigenvalue weighted by molar-refractivity contribution is -0.132. The number of hydrogen-bond donors (Lipinski definition) is 2. The normalized spacial score (nSPS) is 14.7. The van der Waals surface area contributed by atoms with Gasteiger partial charge in [0.25, 0.3) is 0 Å². The molecular weight excluding hydrogens is 364 g/mol. The minimum atomic E-state index is -0.738. The van der Waals surface area contributed by atoms with Crippen LogP contribution in [-0.2, 0) is 9.59 Å². The molecule has 0 radical (unpaired) electrons. The standard InChI is InChI=1S/C20H23ClN4O2/c1-14-3-4-16(13-18(14)21)23-20(27)19(26)22-15-5-7-17(8-6-15)25-11-9-24(2)10-12-25/h3-8,13H,9-12H2,1-2H3,(H,22,26)(H,23,27). The number of likely N-dealkylation sites (N-methyl/N-ethyl adjacent to an activating group) is 1. The Labute approximate surface area is 164 Å². The van der Waals surface area contributed by atoms with Crippen molar-refractivity contribution in [3.05, 3.63) is 53.1 Å². The highest BCUT2D eigenvalue weighted by atomic mass is 35.5. The first-order valence-electron chi connectivity index (χ1n) is 8.84. The zero-order valence-corrected chi connectivity index (χ0v) is 16.2. The van der Waals surface area contributed by atoms with Gasteiger partial charge in [0.1, 0.15) is 0 Å². The molecule has 0 atom stereocenters. The first kappa shape index (κ1) is 19.2. The van der Waals surface area contributed by atoms with E-state index >= 15 is 0 Å². The van der Waals surface area contributed by atoms with Crippen LogP contribution in [0.25, 0.3) is 0 Å². The largest absolute Gasteiger partial charge is 0.369 e. The number of nitrogens with zero attached hydrogens (tertiary/aromatic N) is 2. The van der Waals surface area contributed by atoms with Gasteiger partial charge in [-0.05, 0) is 55.9 Å². The monoisotopic (exact) mass is 386 g/mol. The predicted molar refractivity (Wildman–Crippen MR) is 110 cm³/mol. The van der Waals surface area contributed by atoms with Gasteiger partial charge in [-0.3, -0.25) is 9.59 Å². The molecule has 27 heavy (non-hydrogen) atoms. The van der Waals surface area contributed by atoms with E-state index in [2.05, 4.69) is 27.5 Å². The average molecular weight is 387 g/mol. The van der Waals surface area contributed by atoms with Crippen LogP contribution in [0.3, 0.4) is 0 Å². The lowest BCUT2D eigenvalue weighted by Crippen LogP contribution is -2.44. The second-order valence-corrected chi connectivity index (χ2v) is 7.12. The van der Waals surface area contributed by atoms with Crippen molar-refractivity contribution < 1.29 is 9.59 Å². The summed E-state index contributed by atoms with van der Waals surface area (Å²) < 4.78 is 0. The van der Waals surface area contributed by atoms with Crippen LogP contribution in [0.4, 0.5) is 17.1 Å². The van der Waals surface area contributed by atoms with Crippen molar-refractivity contribution in [2.75, 3.05) is 48.8 Å². The molecule has 1 saturated heterocycles. The number of anilines is 3. The maximum Gasteiger partial charge on any atom is 0.314 e. The number of halogens is 1. The van der Waals surface area contributed by atoms with E-state index in [9.17, 15) is 9.59 Å². The van der Waals surface area contributed by atoms with Crippen LogP contribution in [0.15, 0.2) is 42.5 Å². The molecule has 142 valence electrons. The highest BCUT2D eigenvalue weighted by Gasteiger charge is 2.16. The molecule has 2 aromatic carbocycles. The number of benzene rings is 2. The molecule has 7 heteroatoms. The average Bonchev–Trinajstić information content (AvgIpc) is 2.66. The molecule has 0 saturated carbocycles. The van der Waals surface area contributed by atoms with Gasteiger partial charge in [0.05, 0.1) is 0 Å². The van der Waals surface area contributed by atoms with Crippen molar-refractivity contribution >= 4 is 40.5 Å². The highest BCUT2D eigenvalue weighted by molar-refractivity contribution is 6.43. The van der Waals surface area contributed by atoms with E-state index in [-0.39, 0.29) is 0 Å². The summed E-state index contributed by atoms with van der Waals surface area (Å²) >= 11 is 6.03. The number of nitrogens with one attached hydrogen (secondary N) is 2. The topological polar surface area (TPSA) is 64.7 Å². The molecule has 0 aliphatic carbocycles. The van der Waals surface area contributed by atoms with Gasteiger partial charge < -0.3 is 20.4 Å². The molecule has 0 unspecified atom stereocenters. The Morgan fingerprint density at radius 2 is 1.44 bits per heavy atom. The van der Waals surface area contributed by atoms with Gasteiger partial charge in [-0.2, -0.15) is 0 Å². The lowest BCUT2D eigenvalue weighted by Gasteiger charge is -2.34. The summed E-state index contributed by atoms with van der Waals surface area (Å²) in [5.41, 5.74) is 3.07. The number of carbonyl (C=O) groups is 2. The summed E-state index contributed by atoms with van der Waals surface area (Å²) in [7, 11) is 2.12. The van der Waals surface area contributed by atoms with E-state index in [4.69, 9.17) is 11.6 Å². The third kappa shape index (κ3) is 4.99. The molecule has 2 amide bonds. The summed E-state index contributed by atoms with van der Waals surface area (Å²) in [6.45, 7) is 5.88. The van der Waals surface area contributed by atoms with Crippen molar-refractivity contribution in [3.63, 3.8) is 0 Å². The third-order valence-electron chi connectivity index (χ3n) is 4.63. The number of carbonyl (C=O) groups excluding carboxylic acids is 2. The maximum absolute atomic E-state index is 12.1. The van der Waals surface area contributed by atoms with Gasteiger partial charge in [0.15, 0.2) is 0 Å². The van der Waals surface area contributed by atoms with Gasteiger partial charge in [-0.1, -0.05) is 17.7 Å². The minimum absolute atomic E-state index is 0.483. The molecule has 1 aliphatic rings. The highest BCUT2D eigenvalue weighted by Crippen LogP contribution is 2.21. The lowest BCUT2D eigenvalue weighted by atomic mass is 10.2. The Kier molecular flexibility index (Phi) is 5.98. The molecule has 0 bridgehead atoms. The summed E-state index contributed by atoms with van der Waals surface area (Å²) in [5, 5.41) is 5.70. The Bertz CT molecular complexity index is 830. The number of hydrogen-bond acceptors (Lipinski definition) is 4. The van der Waals surface area contributed by atoms with Gasteiger partial charge in [-0.15, -0.1) is 0 Å². The minimum Gasteiger partial charge on any atom is -0.369 e. The number of rotatable bonds is 3. The number of amides is 2. The van der Waals surface area contributed by atoms with Crippen LogP contribution in [0.5, 0.6) is 0 Å². The molecule has 1 fully saturated rings. The van der Waals surface area contributed by atoms with Crippen molar-refractivity contribution in [3.8, 4) is 0 Å².